The molecule has 0 amide bonds. The van der Waals surface area contributed by atoms with E-state index in [1.165, 1.54) is 87.6 Å². The van der Waals surface area contributed by atoms with Crippen molar-refractivity contribution in [2.75, 3.05) is 4.90 Å². The third-order valence-electron chi connectivity index (χ3n) is 12.1. The van der Waals surface area contributed by atoms with Crippen molar-refractivity contribution < 1.29 is 0 Å². The highest BCUT2D eigenvalue weighted by Gasteiger charge is 2.21. The van der Waals surface area contributed by atoms with Crippen LogP contribution in [0.3, 0.4) is 0 Å². The summed E-state index contributed by atoms with van der Waals surface area (Å²) >= 11 is 0. The Bertz CT molecular complexity index is 3220. The van der Waals surface area contributed by atoms with Gasteiger partial charge in [-0.25, -0.2) is 0 Å². The number of hydrogen-bond acceptors (Lipinski definition) is 1. The molecule has 0 radical (unpaired) electrons. The number of anilines is 3. The number of nitrogens with zero attached hydrogens (tertiary/aromatic N) is 2. The van der Waals surface area contributed by atoms with Gasteiger partial charge in [0.05, 0.1) is 22.4 Å². The van der Waals surface area contributed by atoms with Crippen LogP contribution in [0.1, 0.15) is 26.3 Å². The Morgan fingerprint density at radius 2 is 0.810 bits per heavy atom. The van der Waals surface area contributed by atoms with Crippen molar-refractivity contribution in [3.63, 3.8) is 0 Å². The Kier molecular flexibility index (Phi) is 7.78. The van der Waals surface area contributed by atoms with Crippen LogP contribution in [0.5, 0.6) is 0 Å². The van der Waals surface area contributed by atoms with Crippen LogP contribution in [-0.4, -0.2) is 4.57 Å². The van der Waals surface area contributed by atoms with Crippen LogP contribution in [0.15, 0.2) is 200 Å². The molecule has 0 saturated carbocycles. The maximum absolute atomic E-state index is 2.45. The van der Waals surface area contributed by atoms with E-state index in [0.717, 1.165) is 17.1 Å². The summed E-state index contributed by atoms with van der Waals surface area (Å²) in [6.07, 6.45) is 0. The van der Waals surface area contributed by atoms with Crippen LogP contribution in [0.2, 0.25) is 0 Å². The predicted octanol–water partition coefficient (Wildman–Crippen LogP) is 15.8. The van der Waals surface area contributed by atoms with Crippen molar-refractivity contribution in [1.82, 2.24) is 4.57 Å². The van der Waals surface area contributed by atoms with Gasteiger partial charge in [0.25, 0.3) is 0 Å². The first kappa shape index (κ1) is 34.1. The van der Waals surface area contributed by atoms with Crippen LogP contribution in [-0.2, 0) is 5.41 Å². The zero-order chi connectivity index (χ0) is 39.0. The summed E-state index contributed by atoms with van der Waals surface area (Å²) in [4.78, 5) is 2.43. The van der Waals surface area contributed by atoms with Crippen LogP contribution >= 0.6 is 0 Å². The maximum Gasteiger partial charge on any atom is 0.0541 e. The molecule has 11 aromatic rings. The summed E-state index contributed by atoms with van der Waals surface area (Å²) < 4.78 is 2.45. The molecule has 0 unspecified atom stereocenters. The summed E-state index contributed by atoms with van der Waals surface area (Å²) in [6, 6.07) is 73.8. The number of para-hydroxylation sites is 2. The molecule has 2 heteroatoms. The Morgan fingerprint density at radius 1 is 0.362 bits per heavy atom. The molecular formula is C56H42N2. The smallest absolute Gasteiger partial charge is 0.0541 e. The molecule has 0 atom stereocenters. The normalized spacial score (nSPS) is 12.1. The van der Waals surface area contributed by atoms with Crippen LogP contribution in [0, 0.1) is 0 Å². The van der Waals surface area contributed by atoms with Gasteiger partial charge < -0.3 is 9.47 Å². The molecule has 0 spiro atoms. The summed E-state index contributed by atoms with van der Waals surface area (Å²) in [5.41, 5.74) is 13.3. The number of rotatable bonds is 6. The number of aromatic nitrogens is 1. The van der Waals surface area contributed by atoms with E-state index in [4.69, 9.17) is 0 Å². The molecule has 11 rings (SSSR count). The zero-order valence-electron chi connectivity index (χ0n) is 32.9. The van der Waals surface area contributed by atoms with Gasteiger partial charge in [0.15, 0.2) is 0 Å². The van der Waals surface area contributed by atoms with Gasteiger partial charge in [0.1, 0.15) is 0 Å². The van der Waals surface area contributed by atoms with E-state index in [2.05, 4.69) is 230 Å². The lowest BCUT2D eigenvalue weighted by Gasteiger charge is -2.28. The zero-order valence-corrected chi connectivity index (χ0v) is 32.9. The molecule has 2 nitrogen and oxygen atoms in total. The van der Waals surface area contributed by atoms with Crippen LogP contribution < -0.4 is 4.90 Å². The second-order valence-corrected chi connectivity index (χ2v) is 16.6. The summed E-state index contributed by atoms with van der Waals surface area (Å²) in [5.74, 6) is 0. The second-order valence-electron chi connectivity index (χ2n) is 16.6. The minimum atomic E-state index is 0.117. The molecule has 0 aliphatic carbocycles. The molecule has 1 aromatic heterocycles. The van der Waals surface area contributed by atoms with E-state index in [1.54, 1.807) is 0 Å². The standard InChI is InChI=1S/C56H42N2/c1-56(2,3)43-27-17-38(18-28-43)40-21-31-45(32-22-40)57(44-29-19-39(20-30-44)37-11-5-4-6-12-37)52-35-25-41-24-34-49-53(36-26-42-23-33-48(52)54(41)55(42)49)58-50-15-9-7-13-46(50)47-14-8-10-16-51(47)58/h4-36H,1-3H3. The number of hydrogen-bond donors (Lipinski definition) is 0. The quantitative estimate of drug-likeness (QED) is 0.154. The van der Waals surface area contributed by atoms with Gasteiger partial charge >= 0.3 is 0 Å². The van der Waals surface area contributed by atoms with Crippen molar-refractivity contribution in [2.45, 2.75) is 26.2 Å². The van der Waals surface area contributed by atoms with Gasteiger partial charge in [-0.3, -0.25) is 0 Å². The molecule has 10 aromatic carbocycles. The van der Waals surface area contributed by atoms with Crippen molar-refractivity contribution in [2.24, 2.45) is 0 Å². The fraction of sp³-hybridized carbons (Fsp3) is 0.0714. The van der Waals surface area contributed by atoms with E-state index in [0.29, 0.717) is 0 Å². The van der Waals surface area contributed by atoms with Gasteiger partial charge in [-0.15, -0.1) is 0 Å². The topological polar surface area (TPSA) is 8.17 Å². The van der Waals surface area contributed by atoms with Gasteiger partial charge in [-0.1, -0.05) is 172 Å². The predicted molar refractivity (Wildman–Crippen MR) is 249 cm³/mol. The fourth-order valence-electron chi connectivity index (χ4n) is 9.17. The first-order valence-electron chi connectivity index (χ1n) is 20.3. The first-order valence-corrected chi connectivity index (χ1v) is 20.3. The minimum absolute atomic E-state index is 0.117. The third-order valence-corrected chi connectivity index (χ3v) is 12.1. The Hall–Kier alpha value is -7.16. The minimum Gasteiger partial charge on any atom is -0.310 e. The highest BCUT2D eigenvalue weighted by Crippen LogP contribution is 2.46. The lowest BCUT2D eigenvalue weighted by molar-refractivity contribution is 0.590. The highest BCUT2D eigenvalue weighted by atomic mass is 15.1. The maximum atomic E-state index is 2.45. The van der Waals surface area contributed by atoms with Gasteiger partial charge in [0, 0.05) is 32.9 Å². The SMILES string of the molecule is CC(C)(C)c1ccc(-c2ccc(N(c3ccc(-c4ccccc4)cc3)c3ccc4ccc5c(-n6c7ccccc7c7ccccc76)ccc6ccc3c4c65)cc2)cc1. The van der Waals surface area contributed by atoms with Crippen molar-refractivity contribution in [3.8, 4) is 27.9 Å². The average molecular weight is 743 g/mol. The van der Waals surface area contributed by atoms with Gasteiger partial charge in [0.2, 0.25) is 0 Å². The molecular weight excluding hydrogens is 701 g/mol. The van der Waals surface area contributed by atoms with Gasteiger partial charge in [-0.05, 0) is 103 Å². The highest BCUT2D eigenvalue weighted by molar-refractivity contribution is 6.27. The van der Waals surface area contributed by atoms with Gasteiger partial charge in [-0.2, -0.15) is 0 Å². The van der Waals surface area contributed by atoms with Crippen LogP contribution in [0.25, 0.3) is 82.1 Å². The molecule has 0 aliphatic heterocycles. The summed E-state index contributed by atoms with van der Waals surface area (Å²) in [7, 11) is 0. The van der Waals surface area contributed by atoms with E-state index in [9.17, 15) is 0 Å². The fourth-order valence-corrected chi connectivity index (χ4v) is 9.17. The molecule has 1 heterocycles. The summed E-state index contributed by atoms with van der Waals surface area (Å²) in [5, 5.41) is 10.1. The van der Waals surface area contributed by atoms with E-state index in [1.807, 2.05) is 0 Å². The molecule has 0 aliphatic rings. The largest absolute Gasteiger partial charge is 0.310 e. The lowest BCUT2D eigenvalue weighted by atomic mass is 9.86. The van der Waals surface area contributed by atoms with Crippen molar-refractivity contribution in [1.29, 1.82) is 0 Å². The first-order chi connectivity index (χ1) is 28.4. The van der Waals surface area contributed by atoms with E-state index >= 15 is 0 Å². The molecule has 0 N–H and O–H groups in total. The molecule has 0 saturated heterocycles. The monoisotopic (exact) mass is 742 g/mol. The van der Waals surface area contributed by atoms with E-state index < -0.39 is 0 Å². The van der Waals surface area contributed by atoms with Crippen LogP contribution in [0.4, 0.5) is 17.1 Å². The second kappa shape index (κ2) is 13.2. The van der Waals surface area contributed by atoms with Crippen molar-refractivity contribution in [3.05, 3.63) is 206 Å². The Morgan fingerprint density at radius 3 is 1.38 bits per heavy atom. The third kappa shape index (κ3) is 5.48. The molecule has 276 valence electrons. The average Bonchev–Trinajstić information content (AvgIpc) is 3.60. The Balaban J connectivity index is 1.10. The number of fused-ring (bicyclic) bond motifs is 3. The van der Waals surface area contributed by atoms with E-state index in [-0.39, 0.29) is 5.41 Å². The molecule has 58 heavy (non-hydrogen) atoms. The number of benzene rings is 10. The lowest BCUT2D eigenvalue weighted by Crippen LogP contribution is -2.11. The summed E-state index contributed by atoms with van der Waals surface area (Å²) in [6.45, 7) is 6.80. The molecule has 0 fully saturated rings. The Labute approximate surface area is 339 Å². The molecule has 0 bridgehead atoms. The van der Waals surface area contributed by atoms with Crippen molar-refractivity contribution >= 4 is 71.2 Å².